The summed E-state index contributed by atoms with van der Waals surface area (Å²) in [5.41, 5.74) is 0.914. The van der Waals surface area contributed by atoms with Gasteiger partial charge in [0.05, 0.1) is 4.92 Å². The van der Waals surface area contributed by atoms with Gasteiger partial charge in [0, 0.05) is 49.4 Å². The lowest BCUT2D eigenvalue weighted by Crippen LogP contribution is -2.48. The maximum absolute atomic E-state index is 10.7. The van der Waals surface area contributed by atoms with Gasteiger partial charge in [0.2, 0.25) is 0 Å². The second-order valence-electron chi connectivity index (χ2n) is 4.62. The molecule has 5 nitrogen and oxygen atoms in total. The van der Waals surface area contributed by atoms with Crippen molar-refractivity contribution in [2.45, 2.75) is 19.5 Å². The van der Waals surface area contributed by atoms with Gasteiger partial charge in [-0.05, 0) is 18.6 Å². The Morgan fingerprint density at radius 1 is 1.61 bits per heavy atom. The molecule has 1 heterocycles. The summed E-state index contributed by atoms with van der Waals surface area (Å²) in [7, 11) is 0. The molecule has 0 aromatic heterocycles. The van der Waals surface area contributed by atoms with E-state index in [0.29, 0.717) is 17.6 Å². The van der Waals surface area contributed by atoms with E-state index in [1.54, 1.807) is 12.1 Å². The molecule has 1 saturated heterocycles. The number of non-ortho nitro benzene ring substituents is 1. The molecule has 1 fully saturated rings. The van der Waals surface area contributed by atoms with E-state index in [2.05, 4.69) is 17.1 Å². The van der Waals surface area contributed by atoms with Crippen LogP contribution in [0.4, 0.5) is 5.69 Å². The smallest absolute Gasteiger partial charge is 0.269 e. The maximum Gasteiger partial charge on any atom is 0.269 e. The average molecular weight is 270 g/mol. The molecule has 1 aliphatic rings. The van der Waals surface area contributed by atoms with Crippen molar-refractivity contribution in [2.75, 3.05) is 19.6 Å². The standard InChI is InChI=1S/C12H16ClN3O2/c1-9-7-15(5-4-14-9)8-10-6-11(16(17)18)2-3-12(10)13/h2-3,6,9,14H,4-5,7-8H2,1H3/t9-/m0/s1. The maximum atomic E-state index is 10.7. The van der Waals surface area contributed by atoms with Crippen LogP contribution in [0, 0.1) is 10.1 Å². The van der Waals surface area contributed by atoms with Crippen LogP contribution >= 0.6 is 11.6 Å². The molecule has 1 atom stereocenters. The van der Waals surface area contributed by atoms with Crippen LogP contribution in [-0.2, 0) is 6.54 Å². The van der Waals surface area contributed by atoms with Crippen LogP contribution in [0.2, 0.25) is 5.02 Å². The first-order chi connectivity index (χ1) is 8.56. The number of nitrogens with one attached hydrogen (secondary N) is 1. The molecule has 6 heteroatoms. The molecule has 0 radical (unpaired) electrons. The van der Waals surface area contributed by atoms with Crippen molar-refractivity contribution in [2.24, 2.45) is 0 Å². The van der Waals surface area contributed by atoms with Gasteiger partial charge < -0.3 is 5.32 Å². The summed E-state index contributed by atoms with van der Waals surface area (Å²) in [6.45, 7) is 5.59. The first-order valence-electron chi connectivity index (χ1n) is 5.95. The molecule has 1 aromatic carbocycles. The van der Waals surface area contributed by atoms with E-state index in [1.807, 2.05) is 0 Å². The number of hydrogen-bond acceptors (Lipinski definition) is 4. The Morgan fingerprint density at radius 2 is 2.39 bits per heavy atom. The average Bonchev–Trinajstić information content (AvgIpc) is 2.31. The Kier molecular flexibility index (Phi) is 4.16. The molecule has 0 aliphatic carbocycles. The second kappa shape index (κ2) is 5.65. The summed E-state index contributed by atoms with van der Waals surface area (Å²) in [6.07, 6.45) is 0. The SMILES string of the molecule is C[C@H]1CN(Cc2cc([N+](=O)[O-])ccc2Cl)CCN1. The summed E-state index contributed by atoms with van der Waals surface area (Å²) >= 11 is 6.09. The lowest BCUT2D eigenvalue weighted by molar-refractivity contribution is -0.384. The van der Waals surface area contributed by atoms with E-state index in [9.17, 15) is 10.1 Å². The third kappa shape index (κ3) is 3.19. The number of nitro benzene ring substituents is 1. The Labute approximate surface area is 111 Å². The monoisotopic (exact) mass is 269 g/mol. The molecule has 1 N–H and O–H groups in total. The molecule has 2 rings (SSSR count). The molecule has 0 amide bonds. The van der Waals surface area contributed by atoms with E-state index in [0.717, 1.165) is 25.2 Å². The van der Waals surface area contributed by atoms with Crippen molar-refractivity contribution in [3.63, 3.8) is 0 Å². The second-order valence-corrected chi connectivity index (χ2v) is 5.03. The van der Waals surface area contributed by atoms with E-state index in [4.69, 9.17) is 11.6 Å². The Bertz CT molecular complexity index is 453. The van der Waals surface area contributed by atoms with Crippen molar-refractivity contribution >= 4 is 17.3 Å². The Morgan fingerprint density at radius 3 is 3.06 bits per heavy atom. The summed E-state index contributed by atoms with van der Waals surface area (Å²) in [6, 6.07) is 5.04. The van der Waals surface area contributed by atoms with Crippen molar-refractivity contribution in [3.8, 4) is 0 Å². The number of hydrogen-bond donors (Lipinski definition) is 1. The van der Waals surface area contributed by atoms with Crippen LogP contribution in [-0.4, -0.2) is 35.5 Å². The van der Waals surface area contributed by atoms with Gasteiger partial charge in [-0.15, -0.1) is 0 Å². The van der Waals surface area contributed by atoms with Crippen LogP contribution in [0.1, 0.15) is 12.5 Å². The summed E-state index contributed by atoms with van der Waals surface area (Å²) in [4.78, 5) is 12.6. The fourth-order valence-electron chi connectivity index (χ4n) is 2.19. The summed E-state index contributed by atoms with van der Waals surface area (Å²) < 4.78 is 0. The van der Waals surface area contributed by atoms with E-state index in [1.165, 1.54) is 6.07 Å². The van der Waals surface area contributed by atoms with Gasteiger partial charge in [0.25, 0.3) is 5.69 Å². The minimum absolute atomic E-state index is 0.0950. The van der Waals surface area contributed by atoms with Crippen molar-refractivity contribution in [3.05, 3.63) is 38.9 Å². The van der Waals surface area contributed by atoms with Gasteiger partial charge in [-0.1, -0.05) is 11.6 Å². The Balaban J connectivity index is 2.12. The summed E-state index contributed by atoms with van der Waals surface area (Å²) in [5.74, 6) is 0. The quantitative estimate of drug-likeness (QED) is 0.674. The molecule has 1 aliphatic heterocycles. The lowest BCUT2D eigenvalue weighted by atomic mass is 10.1. The zero-order valence-electron chi connectivity index (χ0n) is 10.2. The zero-order chi connectivity index (χ0) is 13.1. The van der Waals surface area contributed by atoms with Gasteiger partial charge in [0.15, 0.2) is 0 Å². The largest absolute Gasteiger partial charge is 0.312 e. The number of nitrogens with zero attached hydrogens (tertiary/aromatic N) is 2. The van der Waals surface area contributed by atoms with Crippen LogP contribution in [0.15, 0.2) is 18.2 Å². The number of piperazine rings is 1. The third-order valence-electron chi connectivity index (χ3n) is 3.09. The predicted octanol–water partition coefficient (Wildman–Crippen LogP) is 2.04. The van der Waals surface area contributed by atoms with Gasteiger partial charge in [-0.25, -0.2) is 0 Å². The first kappa shape index (κ1) is 13.3. The highest BCUT2D eigenvalue weighted by molar-refractivity contribution is 6.31. The van der Waals surface area contributed by atoms with Crippen LogP contribution in [0.25, 0.3) is 0 Å². The molecular weight excluding hydrogens is 254 g/mol. The van der Waals surface area contributed by atoms with Gasteiger partial charge >= 0.3 is 0 Å². The minimum atomic E-state index is -0.389. The molecule has 18 heavy (non-hydrogen) atoms. The fraction of sp³-hybridized carbons (Fsp3) is 0.500. The zero-order valence-corrected chi connectivity index (χ0v) is 11.0. The van der Waals surface area contributed by atoms with Crippen molar-refractivity contribution < 1.29 is 4.92 Å². The highest BCUT2D eigenvalue weighted by Gasteiger charge is 2.18. The highest BCUT2D eigenvalue weighted by atomic mass is 35.5. The van der Waals surface area contributed by atoms with E-state index in [-0.39, 0.29) is 10.6 Å². The number of halogens is 1. The molecule has 1 aromatic rings. The van der Waals surface area contributed by atoms with Gasteiger partial charge in [0.1, 0.15) is 0 Å². The van der Waals surface area contributed by atoms with Crippen molar-refractivity contribution in [1.82, 2.24) is 10.2 Å². The molecule has 0 spiro atoms. The van der Waals surface area contributed by atoms with Gasteiger partial charge in [-0.3, -0.25) is 15.0 Å². The normalized spacial score (nSPS) is 20.9. The summed E-state index contributed by atoms with van der Waals surface area (Å²) in [5, 5.41) is 14.7. The third-order valence-corrected chi connectivity index (χ3v) is 3.46. The highest BCUT2D eigenvalue weighted by Crippen LogP contribution is 2.23. The van der Waals surface area contributed by atoms with E-state index < -0.39 is 0 Å². The van der Waals surface area contributed by atoms with Crippen molar-refractivity contribution in [1.29, 1.82) is 0 Å². The molecular formula is C12H16ClN3O2. The minimum Gasteiger partial charge on any atom is -0.312 e. The van der Waals surface area contributed by atoms with E-state index >= 15 is 0 Å². The Hall–Kier alpha value is -1.17. The van der Waals surface area contributed by atoms with Crippen LogP contribution in [0.3, 0.4) is 0 Å². The van der Waals surface area contributed by atoms with Crippen LogP contribution < -0.4 is 5.32 Å². The topological polar surface area (TPSA) is 58.4 Å². The number of benzene rings is 1. The van der Waals surface area contributed by atoms with Crippen LogP contribution in [0.5, 0.6) is 0 Å². The van der Waals surface area contributed by atoms with Gasteiger partial charge in [-0.2, -0.15) is 0 Å². The molecule has 0 bridgehead atoms. The molecule has 0 saturated carbocycles. The predicted molar refractivity (Wildman–Crippen MR) is 70.8 cm³/mol. The number of nitro groups is 1. The molecule has 0 unspecified atom stereocenters. The lowest BCUT2D eigenvalue weighted by Gasteiger charge is -2.31. The fourth-order valence-corrected chi connectivity index (χ4v) is 2.37. The number of rotatable bonds is 3. The first-order valence-corrected chi connectivity index (χ1v) is 6.32. The molecule has 98 valence electrons.